The number of rotatable bonds is 6. The molecule has 0 radical (unpaired) electrons. The number of carbonyl (C=O) groups excluding carboxylic acids is 2. The third-order valence-electron chi connectivity index (χ3n) is 5.33. The van der Waals surface area contributed by atoms with Gasteiger partial charge in [0.2, 0.25) is 5.91 Å². The van der Waals surface area contributed by atoms with E-state index in [9.17, 15) is 9.59 Å². The normalized spacial score (nSPS) is 19.1. The molecular formula is C23H26ClNO3. The van der Waals surface area contributed by atoms with Crippen molar-refractivity contribution in [3.63, 3.8) is 0 Å². The van der Waals surface area contributed by atoms with Gasteiger partial charge in [-0.3, -0.25) is 9.59 Å². The molecule has 1 aliphatic rings. The van der Waals surface area contributed by atoms with Crippen LogP contribution in [0.25, 0.3) is 0 Å². The third kappa shape index (κ3) is 5.35. The number of anilines is 1. The number of halogens is 1. The van der Waals surface area contributed by atoms with Crippen LogP contribution < -0.4 is 5.32 Å². The molecule has 0 bridgehead atoms. The van der Waals surface area contributed by atoms with Crippen LogP contribution >= 0.6 is 11.6 Å². The molecule has 0 saturated heterocycles. The number of amides is 1. The van der Waals surface area contributed by atoms with Crippen LogP contribution in [0, 0.1) is 11.8 Å². The Balaban J connectivity index is 1.60. The van der Waals surface area contributed by atoms with Crippen LogP contribution in [0.4, 0.5) is 5.69 Å². The zero-order valence-electron chi connectivity index (χ0n) is 16.1. The fourth-order valence-electron chi connectivity index (χ4n) is 3.63. The Kier molecular flexibility index (Phi) is 7.10. The molecule has 4 nitrogen and oxygen atoms in total. The van der Waals surface area contributed by atoms with E-state index in [-0.39, 0.29) is 24.4 Å². The molecule has 2 aromatic carbocycles. The molecule has 0 unspecified atom stereocenters. The minimum absolute atomic E-state index is 0.0996. The first-order valence-electron chi connectivity index (χ1n) is 9.87. The van der Waals surface area contributed by atoms with Crippen LogP contribution in [0.1, 0.15) is 43.7 Å². The standard InChI is InChI=1S/C23H26ClNO3/c1-2-16-9-13-19(14-10-16)25-22(26)20-5-3-4-6-21(20)23(27)28-15-17-7-11-18(24)12-8-17/h7-14,20-21H,2-6,15H2,1H3,(H,25,26)/t20-,21+/m0/s1. The topological polar surface area (TPSA) is 55.4 Å². The van der Waals surface area contributed by atoms with Crippen LogP contribution in [0.5, 0.6) is 0 Å². The molecule has 0 heterocycles. The molecule has 1 saturated carbocycles. The second-order valence-electron chi connectivity index (χ2n) is 7.27. The number of nitrogens with one attached hydrogen (secondary N) is 1. The summed E-state index contributed by atoms with van der Waals surface area (Å²) in [5.74, 6) is -1.14. The van der Waals surface area contributed by atoms with E-state index in [2.05, 4.69) is 12.2 Å². The van der Waals surface area contributed by atoms with E-state index in [1.165, 1.54) is 5.56 Å². The van der Waals surface area contributed by atoms with Gasteiger partial charge in [-0.1, -0.05) is 55.6 Å². The number of hydrogen-bond donors (Lipinski definition) is 1. The predicted molar refractivity (Wildman–Crippen MR) is 111 cm³/mol. The summed E-state index contributed by atoms with van der Waals surface area (Å²) >= 11 is 5.88. The lowest BCUT2D eigenvalue weighted by molar-refractivity contribution is -0.155. The van der Waals surface area contributed by atoms with Crippen molar-refractivity contribution in [3.05, 3.63) is 64.7 Å². The van der Waals surface area contributed by atoms with Crippen LogP contribution in [0.3, 0.4) is 0 Å². The average molecular weight is 400 g/mol. The first-order valence-corrected chi connectivity index (χ1v) is 10.3. The van der Waals surface area contributed by atoms with Gasteiger partial charge < -0.3 is 10.1 Å². The highest BCUT2D eigenvalue weighted by Crippen LogP contribution is 2.32. The van der Waals surface area contributed by atoms with Crippen LogP contribution in [-0.2, 0) is 27.4 Å². The Morgan fingerprint density at radius 2 is 1.57 bits per heavy atom. The van der Waals surface area contributed by atoms with Crippen molar-refractivity contribution in [1.29, 1.82) is 0 Å². The maximum absolute atomic E-state index is 12.8. The summed E-state index contributed by atoms with van der Waals surface area (Å²) in [6.45, 7) is 2.29. The number of benzene rings is 2. The summed E-state index contributed by atoms with van der Waals surface area (Å²) in [6, 6.07) is 15.0. The number of esters is 1. The first-order chi connectivity index (χ1) is 13.6. The van der Waals surface area contributed by atoms with Gasteiger partial charge in [-0.25, -0.2) is 0 Å². The van der Waals surface area contributed by atoms with Crippen LogP contribution in [0.2, 0.25) is 5.02 Å². The van der Waals surface area contributed by atoms with Gasteiger partial charge in [-0.2, -0.15) is 0 Å². The molecule has 2 atom stereocenters. The predicted octanol–water partition coefficient (Wildman–Crippen LogP) is 5.39. The van der Waals surface area contributed by atoms with E-state index in [0.29, 0.717) is 17.9 Å². The maximum Gasteiger partial charge on any atom is 0.310 e. The highest BCUT2D eigenvalue weighted by atomic mass is 35.5. The van der Waals surface area contributed by atoms with Gasteiger partial charge in [0.15, 0.2) is 0 Å². The number of carbonyl (C=O) groups is 2. The molecular weight excluding hydrogens is 374 g/mol. The minimum Gasteiger partial charge on any atom is -0.461 e. The highest BCUT2D eigenvalue weighted by molar-refractivity contribution is 6.30. The smallest absolute Gasteiger partial charge is 0.310 e. The fourth-order valence-corrected chi connectivity index (χ4v) is 3.75. The highest BCUT2D eigenvalue weighted by Gasteiger charge is 2.36. The largest absolute Gasteiger partial charge is 0.461 e. The van der Waals surface area contributed by atoms with Crippen LogP contribution in [-0.4, -0.2) is 11.9 Å². The maximum atomic E-state index is 12.8. The lowest BCUT2D eigenvalue weighted by Gasteiger charge is -2.29. The average Bonchev–Trinajstić information content (AvgIpc) is 2.73. The monoisotopic (exact) mass is 399 g/mol. The summed E-state index contributed by atoms with van der Waals surface area (Å²) in [4.78, 5) is 25.5. The van der Waals surface area contributed by atoms with E-state index in [0.717, 1.165) is 30.5 Å². The van der Waals surface area contributed by atoms with Gasteiger partial charge >= 0.3 is 5.97 Å². The van der Waals surface area contributed by atoms with Crippen molar-refractivity contribution in [3.8, 4) is 0 Å². The fraction of sp³-hybridized carbons (Fsp3) is 0.391. The van der Waals surface area contributed by atoms with Crippen molar-refractivity contribution < 1.29 is 14.3 Å². The molecule has 28 heavy (non-hydrogen) atoms. The van der Waals surface area contributed by atoms with Crippen molar-refractivity contribution in [2.75, 3.05) is 5.32 Å². The Hall–Kier alpha value is -2.33. The molecule has 0 aliphatic heterocycles. The first kappa shape index (κ1) is 20.4. The number of aryl methyl sites for hydroxylation is 1. The SMILES string of the molecule is CCc1ccc(NC(=O)[C@H]2CCCC[C@H]2C(=O)OCc2ccc(Cl)cc2)cc1. The zero-order valence-corrected chi connectivity index (χ0v) is 16.9. The number of hydrogen-bond acceptors (Lipinski definition) is 3. The Labute approximate surface area is 171 Å². The Bertz CT molecular complexity index is 802. The summed E-state index contributed by atoms with van der Waals surface area (Å²) in [5.41, 5.74) is 2.87. The molecule has 3 rings (SSSR count). The lowest BCUT2D eigenvalue weighted by atomic mass is 9.78. The van der Waals surface area contributed by atoms with Crippen molar-refractivity contribution in [1.82, 2.24) is 0 Å². The molecule has 0 aromatic heterocycles. The Morgan fingerprint density at radius 3 is 2.21 bits per heavy atom. The molecule has 1 N–H and O–H groups in total. The van der Waals surface area contributed by atoms with E-state index < -0.39 is 5.92 Å². The third-order valence-corrected chi connectivity index (χ3v) is 5.58. The summed E-state index contributed by atoms with van der Waals surface area (Å²) in [6.07, 6.45) is 4.24. The Morgan fingerprint density at radius 1 is 0.964 bits per heavy atom. The van der Waals surface area contributed by atoms with Gasteiger partial charge in [-0.15, -0.1) is 0 Å². The molecule has 1 fully saturated rings. The second-order valence-corrected chi connectivity index (χ2v) is 7.71. The van der Waals surface area contributed by atoms with Crippen molar-refractivity contribution in [2.24, 2.45) is 11.8 Å². The van der Waals surface area contributed by atoms with E-state index in [1.807, 2.05) is 36.4 Å². The molecule has 1 amide bonds. The number of ether oxygens (including phenoxy) is 1. The van der Waals surface area contributed by atoms with Gasteiger partial charge in [0.25, 0.3) is 0 Å². The minimum atomic E-state index is -0.393. The van der Waals surface area contributed by atoms with Crippen molar-refractivity contribution >= 4 is 29.2 Å². The van der Waals surface area contributed by atoms with Crippen LogP contribution in [0.15, 0.2) is 48.5 Å². The molecule has 2 aromatic rings. The summed E-state index contributed by atoms with van der Waals surface area (Å²) < 4.78 is 5.51. The molecule has 5 heteroatoms. The van der Waals surface area contributed by atoms with Gasteiger partial charge in [-0.05, 0) is 54.7 Å². The molecule has 1 aliphatic carbocycles. The van der Waals surface area contributed by atoms with E-state index in [4.69, 9.17) is 16.3 Å². The van der Waals surface area contributed by atoms with Gasteiger partial charge in [0.05, 0.1) is 11.8 Å². The summed E-state index contributed by atoms with van der Waals surface area (Å²) in [5, 5.41) is 3.61. The molecule has 148 valence electrons. The molecule has 0 spiro atoms. The van der Waals surface area contributed by atoms with Crippen molar-refractivity contribution in [2.45, 2.75) is 45.6 Å². The second kappa shape index (κ2) is 9.74. The van der Waals surface area contributed by atoms with E-state index in [1.54, 1.807) is 12.1 Å². The van der Waals surface area contributed by atoms with E-state index >= 15 is 0 Å². The lowest BCUT2D eigenvalue weighted by Crippen LogP contribution is -2.37. The van der Waals surface area contributed by atoms with Gasteiger partial charge in [0, 0.05) is 10.7 Å². The zero-order chi connectivity index (χ0) is 19.9. The summed E-state index contributed by atoms with van der Waals surface area (Å²) in [7, 11) is 0. The van der Waals surface area contributed by atoms with Gasteiger partial charge in [0.1, 0.15) is 6.61 Å². The quantitative estimate of drug-likeness (QED) is 0.662.